The average molecular weight is 340 g/mol. The molecule has 5 heteroatoms. The van der Waals surface area contributed by atoms with Crippen LogP contribution in [0.15, 0.2) is 24.3 Å². The van der Waals surface area contributed by atoms with E-state index in [-0.39, 0.29) is 11.5 Å². The molecular formula is C19H27F3N2. The zero-order valence-corrected chi connectivity index (χ0v) is 14.7. The SMILES string of the molecule is CC(C)(C)c1ccc(N(CC(F)(F)F)C2CN3CCC2CC3)cc1. The van der Waals surface area contributed by atoms with Crippen molar-refractivity contribution in [1.29, 1.82) is 0 Å². The van der Waals surface area contributed by atoms with Gasteiger partial charge in [-0.3, -0.25) is 0 Å². The first-order chi connectivity index (χ1) is 11.1. The number of hydrogen-bond acceptors (Lipinski definition) is 2. The molecule has 134 valence electrons. The largest absolute Gasteiger partial charge is 0.405 e. The van der Waals surface area contributed by atoms with Crippen LogP contribution in [0.25, 0.3) is 0 Å². The fourth-order valence-corrected chi connectivity index (χ4v) is 4.03. The Kier molecular flexibility index (Phi) is 4.58. The van der Waals surface area contributed by atoms with Crippen molar-refractivity contribution in [3.8, 4) is 0 Å². The number of rotatable bonds is 3. The van der Waals surface area contributed by atoms with Crippen molar-refractivity contribution in [2.45, 2.75) is 51.2 Å². The molecular weight excluding hydrogens is 313 g/mol. The van der Waals surface area contributed by atoms with E-state index in [4.69, 9.17) is 0 Å². The van der Waals surface area contributed by atoms with Crippen molar-refractivity contribution >= 4 is 5.69 Å². The minimum absolute atomic E-state index is 0.00297. The van der Waals surface area contributed by atoms with Crippen LogP contribution in [-0.2, 0) is 5.41 Å². The summed E-state index contributed by atoms with van der Waals surface area (Å²) in [5.74, 6) is 0.375. The molecule has 1 atom stereocenters. The van der Waals surface area contributed by atoms with Gasteiger partial charge < -0.3 is 9.80 Å². The second-order valence-electron chi connectivity index (χ2n) is 8.25. The molecule has 0 aliphatic carbocycles. The lowest BCUT2D eigenvalue weighted by atomic mass is 9.82. The maximum atomic E-state index is 13.2. The van der Waals surface area contributed by atoms with Gasteiger partial charge in [0.25, 0.3) is 0 Å². The quantitative estimate of drug-likeness (QED) is 0.802. The zero-order valence-electron chi connectivity index (χ0n) is 14.7. The molecule has 0 N–H and O–H groups in total. The third-order valence-electron chi connectivity index (χ3n) is 5.44. The van der Waals surface area contributed by atoms with Crippen LogP contribution < -0.4 is 4.90 Å². The van der Waals surface area contributed by atoms with Crippen molar-refractivity contribution in [3.63, 3.8) is 0 Å². The topological polar surface area (TPSA) is 6.48 Å². The summed E-state index contributed by atoms with van der Waals surface area (Å²) in [6.45, 7) is 8.29. The minimum Gasteiger partial charge on any atom is -0.358 e. The van der Waals surface area contributed by atoms with Gasteiger partial charge in [-0.2, -0.15) is 13.2 Å². The monoisotopic (exact) mass is 340 g/mol. The van der Waals surface area contributed by atoms with Crippen molar-refractivity contribution in [2.24, 2.45) is 5.92 Å². The third-order valence-corrected chi connectivity index (χ3v) is 5.44. The molecule has 2 nitrogen and oxygen atoms in total. The Hall–Kier alpha value is -1.23. The molecule has 0 radical (unpaired) electrons. The number of fused-ring (bicyclic) bond motifs is 3. The van der Waals surface area contributed by atoms with Crippen molar-refractivity contribution in [1.82, 2.24) is 4.90 Å². The molecule has 3 saturated heterocycles. The second kappa shape index (κ2) is 6.25. The van der Waals surface area contributed by atoms with Crippen molar-refractivity contribution in [2.75, 3.05) is 31.1 Å². The molecule has 4 rings (SSSR count). The van der Waals surface area contributed by atoms with Crippen LogP contribution >= 0.6 is 0 Å². The summed E-state index contributed by atoms with van der Waals surface area (Å²) in [6.07, 6.45) is -2.16. The Balaban J connectivity index is 1.87. The summed E-state index contributed by atoms with van der Waals surface area (Å²) >= 11 is 0. The van der Waals surface area contributed by atoms with Gasteiger partial charge in [0.1, 0.15) is 6.54 Å². The number of benzene rings is 1. The van der Waals surface area contributed by atoms with E-state index >= 15 is 0 Å². The van der Waals surface area contributed by atoms with Gasteiger partial charge in [0.05, 0.1) is 0 Å². The fourth-order valence-electron chi connectivity index (χ4n) is 4.03. The average Bonchev–Trinajstić information content (AvgIpc) is 2.52. The molecule has 3 aliphatic heterocycles. The normalized spacial score (nSPS) is 27.3. The van der Waals surface area contributed by atoms with E-state index in [1.165, 1.54) is 0 Å². The van der Waals surface area contributed by atoms with Gasteiger partial charge in [0.2, 0.25) is 0 Å². The van der Waals surface area contributed by atoms with E-state index in [1.54, 1.807) is 4.90 Å². The molecule has 0 spiro atoms. The summed E-state index contributed by atoms with van der Waals surface area (Å²) in [7, 11) is 0. The summed E-state index contributed by atoms with van der Waals surface area (Å²) in [5, 5.41) is 0. The van der Waals surface area contributed by atoms with E-state index in [2.05, 4.69) is 25.7 Å². The molecule has 0 amide bonds. The van der Waals surface area contributed by atoms with E-state index < -0.39 is 12.7 Å². The Morgan fingerprint density at radius 2 is 1.62 bits per heavy atom. The van der Waals surface area contributed by atoms with Crippen LogP contribution in [0.5, 0.6) is 0 Å². The maximum Gasteiger partial charge on any atom is 0.405 e. The van der Waals surface area contributed by atoms with E-state index in [0.717, 1.165) is 38.0 Å². The fraction of sp³-hybridized carbons (Fsp3) is 0.684. The highest BCUT2D eigenvalue weighted by molar-refractivity contribution is 5.50. The molecule has 3 heterocycles. The van der Waals surface area contributed by atoms with Crippen LogP contribution in [0, 0.1) is 5.92 Å². The van der Waals surface area contributed by atoms with Crippen LogP contribution in [0.1, 0.15) is 39.2 Å². The van der Waals surface area contributed by atoms with Gasteiger partial charge in [0.15, 0.2) is 0 Å². The van der Waals surface area contributed by atoms with Gasteiger partial charge in [-0.15, -0.1) is 0 Å². The lowest BCUT2D eigenvalue weighted by Crippen LogP contribution is -2.59. The van der Waals surface area contributed by atoms with Gasteiger partial charge >= 0.3 is 6.18 Å². The van der Waals surface area contributed by atoms with E-state index in [0.29, 0.717) is 11.6 Å². The number of hydrogen-bond donors (Lipinski definition) is 0. The van der Waals surface area contributed by atoms with Gasteiger partial charge in [-0.1, -0.05) is 32.9 Å². The number of nitrogens with zero attached hydrogens (tertiary/aromatic N) is 2. The first kappa shape index (κ1) is 17.6. The predicted octanol–water partition coefficient (Wildman–Crippen LogP) is 4.45. The van der Waals surface area contributed by atoms with E-state index in [9.17, 15) is 13.2 Å². The number of alkyl halides is 3. The van der Waals surface area contributed by atoms with Gasteiger partial charge in [-0.05, 0) is 55.0 Å². The maximum absolute atomic E-state index is 13.2. The minimum atomic E-state index is -4.19. The number of halogens is 3. The van der Waals surface area contributed by atoms with Crippen LogP contribution in [0.2, 0.25) is 0 Å². The molecule has 24 heavy (non-hydrogen) atoms. The van der Waals surface area contributed by atoms with Crippen LogP contribution in [0.3, 0.4) is 0 Å². The zero-order chi connectivity index (χ0) is 17.5. The standard InChI is InChI=1S/C19H27F3N2/c1-18(2,3)15-4-6-16(7-5-15)24(13-19(20,21)22)17-12-23-10-8-14(17)9-11-23/h4-7,14,17H,8-13H2,1-3H3. The highest BCUT2D eigenvalue weighted by atomic mass is 19.4. The summed E-state index contributed by atoms with van der Waals surface area (Å²) < 4.78 is 39.6. The van der Waals surface area contributed by atoms with Crippen LogP contribution in [-0.4, -0.2) is 43.3 Å². The lowest BCUT2D eigenvalue weighted by molar-refractivity contribution is -0.122. The number of anilines is 1. The molecule has 1 unspecified atom stereocenters. The Morgan fingerprint density at radius 3 is 2.04 bits per heavy atom. The highest BCUT2D eigenvalue weighted by Crippen LogP contribution is 2.36. The van der Waals surface area contributed by atoms with Crippen molar-refractivity contribution in [3.05, 3.63) is 29.8 Å². The van der Waals surface area contributed by atoms with E-state index in [1.807, 2.05) is 24.3 Å². The number of piperidine rings is 3. The second-order valence-corrected chi connectivity index (χ2v) is 8.25. The smallest absolute Gasteiger partial charge is 0.358 e. The Labute approximate surface area is 142 Å². The lowest BCUT2D eigenvalue weighted by Gasteiger charge is -2.50. The van der Waals surface area contributed by atoms with Crippen LogP contribution in [0.4, 0.5) is 18.9 Å². The summed E-state index contributed by atoms with van der Waals surface area (Å²) in [6, 6.07) is 7.64. The summed E-state index contributed by atoms with van der Waals surface area (Å²) in [4.78, 5) is 3.90. The molecule has 3 fully saturated rings. The first-order valence-corrected chi connectivity index (χ1v) is 8.80. The van der Waals surface area contributed by atoms with Crippen molar-refractivity contribution < 1.29 is 13.2 Å². The highest BCUT2D eigenvalue weighted by Gasteiger charge is 2.41. The van der Waals surface area contributed by atoms with Gasteiger partial charge in [0, 0.05) is 18.3 Å². The third kappa shape index (κ3) is 3.88. The molecule has 2 bridgehead atoms. The molecule has 0 saturated carbocycles. The Bertz CT molecular complexity index is 551. The Morgan fingerprint density at radius 1 is 1.04 bits per heavy atom. The summed E-state index contributed by atoms with van der Waals surface area (Å²) in [5.41, 5.74) is 1.84. The predicted molar refractivity (Wildman–Crippen MR) is 91.5 cm³/mol. The first-order valence-electron chi connectivity index (χ1n) is 8.80. The van der Waals surface area contributed by atoms with Gasteiger partial charge in [-0.25, -0.2) is 0 Å². The molecule has 1 aromatic rings. The molecule has 3 aliphatic rings. The molecule has 1 aromatic carbocycles. The molecule has 0 aromatic heterocycles.